The number of aryl methyl sites for hydroxylation is 1. The van der Waals surface area contributed by atoms with Crippen molar-refractivity contribution in [3.05, 3.63) is 65.2 Å². The summed E-state index contributed by atoms with van der Waals surface area (Å²) >= 11 is 0. The standard InChI is InChI=1S/C20H26N2O.C2H2O4/c1-17-3-5-18(6-4-17)15-21-11-13-22(14-12-21)16-19-7-9-20(23-2)10-8-19;3-1(4)2(5)6/h3-10H,11-16H2,1-2H3;(H,3,4)(H,5,6). The van der Waals surface area contributed by atoms with Gasteiger partial charge in [-0.25, -0.2) is 9.59 Å². The van der Waals surface area contributed by atoms with Crippen molar-refractivity contribution < 1.29 is 24.5 Å². The van der Waals surface area contributed by atoms with Gasteiger partial charge in [-0.15, -0.1) is 0 Å². The zero-order valence-electron chi connectivity index (χ0n) is 16.9. The highest BCUT2D eigenvalue weighted by atomic mass is 16.5. The molecule has 1 aliphatic rings. The van der Waals surface area contributed by atoms with Gasteiger partial charge in [-0.1, -0.05) is 42.0 Å². The summed E-state index contributed by atoms with van der Waals surface area (Å²) in [5, 5.41) is 14.8. The molecule has 7 heteroatoms. The fourth-order valence-electron chi connectivity index (χ4n) is 3.05. The predicted molar refractivity (Wildman–Crippen MR) is 110 cm³/mol. The number of nitrogens with zero attached hydrogens (tertiary/aromatic N) is 2. The molecule has 0 radical (unpaired) electrons. The molecule has 2 aromatic carbocycles. The highest BCUT2D eigenvalue weighted by Crippen LogP contribution is 2.15. The second-order valence-corrected chi connectivity index (χ2v) is 7.00. The lowest BCUT2D eigenvalue weighted by Crippen LogP contribution is -2.45. The van der Waals surface area contributed by atoms with E-state index in [-0.39, 0.29) is 0 Å². The highest BCUT2D eigenvalue weighted by molar-refractivity contribution is 6.27. The van der Waals surface area contributed by atoms with E-state index in [1.807, 2.05) is 12.1 Å². The van der Waals surface area contributed by atoms with Gasteiger partial charge < -0.3 is 14.9 Å². The average molecular weight is 400 g/mol. The molecule has 0 unspecified atom stereocenters. The lowest BCUT2D eigenvalue weighted by Gasteiger charge is -2.34. The van der Waals surface area contributed by atoms with Crippen molar-refractivity contribution in [3.63, 3.8) is 0 Å². The maximum atomic E-state index is 9.10. The van der Waals surface area contributed by atoms with Crippen LogP contribution in [0.2, 0.25) is 0 Å². The Morgan fingerprint density at radius 1 is 0.793 bits per heavy atom. The largest absolute Gasteiger partial charge is 0.497 e. The van der Waals surface area contributed by atoms with Crippen molar-refractivity contribution >= 4 is 11.9 Å². The van der Waals surface area contributed by atoms with Gasteiger partial charge >= 0.3 is 11.9 Å². The first-order valence-corrected chi connectivity index (χ1v) is 9.47. The third kappa shape index (κ3) is 7.93. The van der Waals surface area contributed by atoms with Gasteiger partial charge in [0.25, 0.3) is 0 Å². The van der Waals surface area contributed by atoms with Crippen molar-refractivity contribution in [2.24, 2.45) is 0 Å². The molecule has 0 bridgehead atoms. The minimum Gasteiger partial charge on any atom is -0.497 e. The van der Waals surface area contributed by atoms with Gasteiger partial charge in [0, 0.05) is 39.3 Å². The highest BCUT2D eigenvalue weighted by Gasteiger charge is 2.17. The Balaban J connectivity index is 0.000000438. The smallest absolute Gasteiger partial charge is 0.414 e. The molecule has 2 aromatic rings. The first-order valence-electron chi connectivity index (χ1n) is 9.47. The zero-order valence-corrected chi connectivity index (χ0v) is 16.9. The zero-order chi connectivity index (χ0) is 21.2. The Morgan fingerprint density at radius 2 is 1.17 bits per heavy atom. The van der Waals surface area contributed by atoms with Gasteiger partial charge in [0.2, 0.25) is 0 Å². The molecule has 29 heavy (non-hydrogen) atoms. The molecule has 0 atom stereocenters. The second-order valence-electron chi connectivity index (χ2n) is 7.00. The van der Waals surface area contributed by atoms with E-state index in [0.29, 0.717) is 0 Å². The first-order chi connectivity index (χ1) is 13.9. The number of benzene rings is 2. The van der Waals surface area contributed by atoms with Crippen molar-refractivity contribution in [3.8, 4) is 5.75 Å². The first kappa shape index (κ1) is 22.4. The third-order valence-electron chi connectivity index (χ3n) is 4.74. The van der Waals surface area contributed by atoms with E-state index in [0.717, 1.165) is 45.0 Å². The van der Waals surface area contributed by atoms with E-state index in [1.54, 1.807) is 7.11 Å². The molecule has 0 spiro atoms. The summed E-state index contributed by atoms with van der Waals surface area (Å²) in [4.78, 5) is 23.3. The van der Waals surface area contributed by atoms with Gasteiger partial charge in [-0.3, -0.25) is 9.80 Å². The molecule has 7 nitrogen and oxygen atoms in total. The Hall–Kier alpha value is -2.90. The number of methoxy groups -OCH3 is 1. The quantitative estimate of drug-likeness (QED) is 0.745. The lowest BCUT2D eigenvalue weighted by molar-refractivity contribution is -0.159. The van der Waals surface area contributed by atoms with Crippen LogP contribution in [0, 0.1) is 6.92 Å². The van der Waals surface area contributed by atoms with E-state index in [1.165, 1.54) is 16.7 Å². The van der Waals surface area contributed by atoms with E-state index in [9.17, 15) is 0 Å². The Morgan fingerprint density at radius 3 is 1.52 bits per heavy atom. The molecule has 0 aromatic heterocycles. The molecular formula is C22H28N2O5. The number of hydrogen-bond acceptors (Lipinski definition) is 5. The van der Waals surface area contributed by atoms with Crippen molar-refractivity contribution in [2.45, 2.75) is 20.0 Å². The Kier molecular flexibility index (Phi) is 8.64. The van der Waals surface area contributed by atoms with Crippen LogP contribution in [-0.4, -0.2) is 65.2 Å². The van der Waals surface area contributed by atoms with Gasteiger partial charge in [-0.2, -0.15) is 0 Å². The van der Waals surface area contributed by atoms with Crippen LogP contribution >= 0.6 is 0 Å². The normalized spacial score (nSPS) is 14.6. The van der Waals surface area contributed by atoms with Gasteiger partial charge in [0.1, 0.15) is 5.75 Å². The minimum atomic E-state index is -1.82. The monoisotopic (exact) mass is 400 g/mol. The van der Waals surface area contributed by atoms with Crippen LogP contribution in [0.3, 0.4) is 0 Å². The van der Waals surface area contributed by atoms with Gasteiger partial charge in [-0.05, 0) is 30.2 Å². The maximum absolute atomic E-state index is 9.10. The van der Waals surface area contributed by atoms with Crippen molar-refractivity contribution in [1.82, 2.24) is 9.80 Å². The number of hydrogen-bond donors (Lipinski definition) is 2. The second kappa shape index (κ2) is 11.2. The molecule has 1 saturated heterocycles. The van der Waals surface area contributed by atoms with Crippen LogP contribution in [-0.2, 0) is 22.7 Å². The Labute approximate surface area is 171 Å². The summed E-state index contributed by atoms with van der Waals surface area (Å²) < 4.78 is 5.22. The van der Waals surface area contributed by atoms with E-state index >= 15 is 0 Å². The number of aliphatic carboxylic acids is 2. The number of ether oxygens (including phenoxy) is 1. The van der Waals surface area contributed by atoms with Crippen molar-refractivity contribution in [2.75, 3.05) is 33.3 Å². The van der Waals surface area contributed by atoms with E-state index < -0.39 is 11.9 Å². The number of carboxylic acid groups (broad SMARTS) is 2. The predicted octanol–water partition coefficient (Wildman–Crippen LogP) is 2.48. The summed E-state index contributed by atoms with van der Waals surface area (Å²) in [5.41, 5.74) is 4.11. The molecule has 0 saturated carbocycles. The maximum Gasteiger partial charge on any atom is 0.414 e. The molecule has 3 rings (SSSR count). The minimum absolute atomic E-state index is 0.927. The van der Waals surface area contributed by atoms with Crippen LogP contribution in [0.5, 0.6) is 5.75 Å². The van der Waals surface area contributed by atoms with Crippen LogP contribution < -0.4 is 4.74 Å². The molecule has 1 heterocycles. The van der Waals surface area contributed by atoms with Gasteiger partial charge in [0.05, 0.1) is 7.11 Å². The average Bonchev–Trinajstić information content (AvgIpc) is 2.72. The number of rotatable bonds is 5. The van der Waals surface area contributed by atoms with Crippen LogP contribution in [0.15, 0.2) is 48.5 Å². The number of carbonyl (C=O) groups is 2. The molecule has 2 N–H and O–H groups in total. The van der Waals surface area contributed by atoms with Crippen LogP contribution in [0.25, 0.3) is 0 Å². The molecular weight excluding hydrogens is 372 g/mol. The summed E-state index contributed by atoms with van der Waals surface area (Å²) in [6.07, 6.45) is 0. The van der Waals surface area contributed by atoms with Crippen LogP contribution in [0.4, 0.5) is 0 Å². The van der Waals surface area contributed by atoms with Crippen LogP contribution in [0.1, 0.15) is 16.7 Å². The fourth-order valence-corrected chi connectivity index (χ4v) is 3.05. The summed E-state index contributed by atoms with van der Waals surface area (Å²) in [6.45, 7) is 8.80. The molecule has 1 aliphatic heterocycles. The summed E-state index contributed by atoms with van der Waals surface area (Å²) in [5.74, 6) is -2.72. The fraction of sp³-hybridized carbons (Fsp3) is 0.364. The summed E-state index contributed by atoms with van der Waals surface area (Å²) in [7, 11) is 1.71. The van der Waals surface area contributed by atoms with E-state index in [2.05, 4.69) is 53.1 Å². The third-order valence-corrected chi connectivity index (χ3v) is 4.74. The van der Waals surface area contributed by atoms with Crippen molar-refractivity contribution in [1.29, 1.82) is 0 Å². The number of piperazine rings is 1. The number of carboxylic acids is 2. The summed E-state index contributed by atoms with van der Waals surface area (Å²) in [6, 6.07) is 17.3. The topological polar surface area (TPSA) is 90.3 Å². The molecule has 0 aliphatic carbocycles. The lowest BCUT2D eigenvalue weighted by atomic mass is 10.1. The SMILES string of the molecule is COc1ccc(CN2CCN(Cc3ccc(C)cc3)CC2)cc1.O=C(O)C(=O)O. The molecule has 0 amide bonds. The Bertz CT molecular complexity index is 770. The van der Waals surface area contributed by atoms with E-state index in [4.69, 9.17) is 24.5 Å². The molecule has 1 fully saturated rings. The van der Waals surface area contributed by atoms with Gasteiger partial charge in [0.15, 0.2) is 0 Å². The molecule has 156 valence electrons.